The highest BCUT2D eigenvalue weighted by molar-refractivity contribution is 5.94. The molecule has 2 aromatic carbocycles. The summed E-state index contributed by atoms with van der Waals surface area (Å²) in [6.07, 6.45) is 1.02. The zero-order valence-corrected chi connectivity index (χ0v) is 12.2. The molecule has 1 atom stereocenters. The lowest BCUT2D eigenvalue weighted by Crippen LogP contribution is -2.28. The molecule has 0 unspecified atom stereocenters. The molecule has 1 aliphatic heterocycles. The second kappa shape index (κ2) is 6.00. The molecule has 108 valence electrons. The van der Waals surface area contributed by atoms with Crippen LogP contribution in [-0.4, -0.2) is 31.0 Å². The van der Waals surface area contributed by atoms with Gasteiger partial charge in [0, 0.05) is 24.6 Å². The van der Waals surface area contributed by atoms with Crippen LogP contribution in [0.1, 0.15) is 28.3 Å². The van der Waals surface area contributed by atoms with Crippen molar-refractivity contribution in [2.75, 3.05) is 20.2 Å². The van der Waals surface area contributed by atoms with Gasteiger partial charge in [0.15, 0.2) is 0 Å². The van der Waals surface area contributed by atoms with Crippen LogP contribution in [0.4, 0.5) is 0 Å². The Balaban J connectivity index is 1.69. The minimum Gasteiger partial charge on any atom is -0.497 e. The molecule has 1 heterocycles. The second-order valence-electron chi connectivity index (χ2n) is 5.38. The molecular weight excluding hydrogens is 262 g/mol. The molecule has 0 spiro atoms. The largest absolute Gasteiger partial charge is 0.497 e. The fraction of sp³-hybridized carbons (Fsp3) is 0.278. The monoisotopic (exact) mass is 281 g/mol. The molecule has 0 saturated carbocycles. The van der Waals surface area contributed by atoms with Crippen molar-refractivity contribution in [3.8, 4) is 5.75 Å². The van der Waals surface area contributed by atoms with Crippen molar-refractivity contribution in [3.05, 3.63) is 65.7 Å². The average molecular weight is 281 g/mol. The van der Waals surface area contributed by atoms with E-state index in [1.807, 2.05) is 47.4 Å². The summed E-state index contributed by atoms with van der Waals surface area (Å²) < 4.78 is 5.18. The smallest absolute Gasteiger partial charge is 0.253 e. The Hall–Kier alpha value is -2.29. The van der Waals surface area contributed by atoms with E-state index in [-0.39, 0.29) is 5.91 Å². The van der Waals surface area contributed by atoms with Crippen LogP contribution in [0, 0.1) is 0 Å². The number of benzene rings is 2. The minimum atomic E-state index is 0.131. The summed E-state index contributed by atoms with van der Waals surface area (Å²) in [6.45, 7) is 1.62. The van der Waals surface area contributed by atoms with E-state index in [0.29, 0.717) is 5.92 Å². The van der Waals surface area contributed by atoms with Gasteiger partial charge >= 0.3 is 0 Å². The molecule has 3 nitrogen and oxygen atoms in total. The SMILES string of the molecule is COc1ccc([C@@H]2CCN(C(=O)c3ccccc3)C2)cc1. The number of rotatable bonds is 3. The predicted octanol–water partition coefficient (Wildman–Crippen LogP) is 3.32. The van der Waals surface area contributed by atoms with Gasteiger partial charge in [0.25, 0.3) is 5.91 Å². The maximum Gasteiger partial charge on any atom is 0.253 e. The van der Waals surface area contributed by atoms with Crippen LogP contribution in [-0.2, 0) is 0 Å². The highest BCUT2D eigenvalue weighted by Crippen LogP contribution is 2.29. The lowest BCUT2D eigenvalue weighted by molar-refractivity contribution is 0.0791. The number of methoxy groups -OCH3 is 1. The quantitative estimate of drug-likeness (QED) is 0.863. The van der Waals surface area contributed by atoms with E-state index in [4.69, 9.17) is 4.74 Å². The second-order valence-corrected chi connectivity index (χ2v) is 5.38. The number of amides is 1. The Morgan fingerprint density at radius 3 is 2.48 bits per heavy atom. The van der Waals surface area contributed by atoms with Crippen LogP contribution in [0.25, 0.3) is 0 Å². The summed E-state index contributed by atoms with van der Waals surface area (Å²) in [6, 6.07) is 17.7. The molecule has 2 aromatic rings. The molecular formula is C18H19NO2. The zero-order chi connectivity index (χ0) is 14.7. The molecule has 21 heavy (non-hydrogen) atoms. The van der Waals surface area contributed by atoms with Crippen LogP contribution < -0.4 is 4.74 Å². The summed E-state index contributed by atoms with van der Waals surface area (Å²) in [7, 11) is 1.67. The lowest BCUT2D eigenvalue weighted by atomic mass is 9.98. The number of carbonyl (C=O) groups is 1. The summed E-state index contributed by atoms with van der Waals surface area (Å²) in [4.78, 5) is 14.4. The third kappa shape index (κ3) is 2.92. The molecule has 0 aromatic heterocycles. The average Bonchev–Trinajstić information content (AvgIpc) is 3.05. The Morgan fingerprint density at radius 1 is 1.10 bits per heavy atom. The number of ether oxygens (including phenoxy) is 1. The van der Waals surface area contributed by atoms with Crippen molar-refractivity contribution in [1.29, 1.82) is 0 Å². The van der Waals surface area contributed by atoms with Crippen LogP contribution in [0.2, 0.25) is 0 Å². The Kier molecular flexibility index (Phi) is 3.91. The lowest BCUT2D eigenvalue weighted by Gasteiger charge is -2.17. The molecule has 1 aliphatic rings. The first-order valence-corrected chi connectivity index (χ1v) is 7.26. The van der Waals surface area contributed by atoms with E-state index >= 15 is 0 Å². The fourth-order valence-electron chi connectivity index (χ4n) is 2.86. The first kappa shape index (κ1) is 13.7. The summed E-state index contributed by atoms with van der Waals surface area (Å²) in [5, 5.41) is 0. The number of nitrogens with zero attached hydrogens (tertiary/aromatic N) is 1. The van der Waals surface area contributed by atoms with Crippen LogP contribution in [0.5, 0.6) is 5.75 Å². The van der Waals surface area contributed by atoms with Gasteiger partial charge in [-0.05, 0) is 36.2 Å². The van der Waals surface area contributed by atoms with Crippen molar-refractivity contribution in [2.45, 2.75) is 12.3 Å². The Morgan fingerprint density at radius 2 is 1.81 bits per heavy atom. The third-order valence-corrected chi connectivity index (χ3v) is 4.08. The van der Waals surface area contributed by atoms with Gasteiger partial charge in [-0.2, -0.15) is 0 Å². The van der Waals surface area contributed by atoms with Gasteiger partial charge in [-0.15, -0.1) is 0 Å². The maximum atomic E-state index is 12.4. The van der Waals surface area contributed by atoms with Crippen molar-refractivity contribution in [2.24, 2.45) is 0 Å². The number of hydrogen-bond acceptors (Lipinski definition) is 2. The third-order valence-electron chi connectivity index (χ3n) is 4.08. The molecule has 0 bridgehead atoms. The highest BCUT2D eigenvalue weighted by atomic mass is 16.5. The van der Waals surface area contributed by atoms with E-state index < -0.39 is 0 Å². The molecule has 0 aliphatic carbocycles. The normalized spacial score (nSPS) is 17.8. The number of likely N-dealkylation sites (tertiary alicyclic amines) is 1. The molecule has 3 rings (SSSR count). The van der Waals surface area contributed by atoms with Crippen LogP contribution in [0.15, 0.2) is 54.6 Å². The van der Waals surface area contributed by atoms with E-state index in [0.717, 1.165) is 30.8 Å². The first-order valence-electron chi connectivity index (χ1n) is 7.26. The van der Waals surface area contributed by atoms with Gasteiger partial charge in [0.1, 0.15) is 5.75 Å². The van der Waals surface area contributed by atoms with Crippen molar-refractivity contribution < 1.29 is 9.53 Å². The molecule has 0 radical (unpaired) electrons. The number of carbonyl (C=O) groups excluding carboxylic acids is 1. The van der Waals surface area contributed by atoms with Gasteiger partial charge in [0.2, 0.25) is 0 Å². The van der Waals surface area contributed by atoms with Crippen molar-refractivity contribution in [1.82, 2.24) is 4.90 Å². The predicted molar refractivity (Wildman–Crippen MR) is 82.7 cm³/mol. The van der Waals surface area contributed by atoms with E-state index in [1.165, 1.54) is 5.56 Å². The van der Waals surface area contributed by atoms with Crippen molar-refractivity contribution >= 4 is 5.91 Å². The fourth-order valence-corrected chi connectivity index (χ4v) is 2.86. The van der Waals surface area contributed by atoms with Gasteiger partial charge in [-0.25, -0.2) is 0 Å². The minimum absolute atomic E-state index is 0.131. The number of hydrogen-bond donors (Lipinski definition) is 0. The van der Waals surface area contributed by atoms with Crippen LogP contribution >= 0.6 is 0 Å². The molecule has 1 fully saturated rings. The van der Waals surface area contributed by atoms with Gasteiger partial charge in [0.05, 0.1) is 7.11 Å². The van der Waals surface area contributed by atoms with Gasteiger partial charge in [-0.1, -0.05) is 30.3 Å². The Bertz CT molecular complexity index is 607. The highest BCUT2D eigenvalue weighted by Gasteiger charge is 2.27. The molecule has 1 amide bonds. The van der Waals surface area contributed by atoms with Crippen LogP contribution in [0.3, 0.4) is 0 Å². The van der Waals surface area contributed by atoms with E-state index in [1.54, 1.807) is 7.11 Å². The van der Waals surface area contributed by atoms with Gasteiger partial charge < -0.3 is 9.64 Å². The standard InChI is InChI=1S/C18H19NO2/c1-21-17-9-7-14(8-10-17)16-11-12-19(13-16)18(20)15-5-3-2-4-6-15/h2-10,16H,11-13H2,1H3/t16-/m1/s1. The van der Waals surface area contributed by atoms with Gasteiger partial charge in [-0.3, -0.25) is 4.79 Å². The maximum absolute atomic E-state index is 12.4. The topological polar surface area (TPSA) is 29.5 Å². The summed E-state index contributed by atoms with van der Waals surface area (Å²) in [5.74, 6) is 1.42. The first-order chi connectivity index (χ1) is 10.3. The zero-order valence-electron chi connectivity index (χ0n) is 12.2. The van der Waals surface area contributed by atoms with Crippen molar-refractivity contribution in [3.63, 3.8) is 0 Å². The van der Waals surface area contributed by atoms with E-state index in [9.17, 15) is 4.79 Å². The molecule has 1 saturated heterocycles. The summed E-state index contributed by atoms with van der Waals surface area (Å²) >= 11 is 0. The summed E-state index contributed by atoms with van der Waals surface area (Å²) in [5.41, 5.74) is 2.05. The van der Waals surface area contributed by atoms with E-state index in [2.05, 4.69) is 12.1 Å². The Labute approximate surface area is 125 Å². The molecule has 3 heteroatoms. The molecule has 0 N–H and O–H groups in total.